The summed E-state index contributed by atoms with van der Waals surface area (Å²) in [4.78, 5) is 20.5. The number of imidazole rings is 1. The first-order chi connectivity index (χ1) is 17.7. The molecule has 1 aromatic heterocycles. The summed E-state index contributed by atoms with van der Waals surface area (Å²) in [5.41, 5.74) is 8.72. The molecule has 2 atom stereocenters. The van der Waals surface area contributed by atoms with Gasteiger partial charge in [0.05, 0.1) is 24.9 Å². The SMILES string of the molecule is COCCNC(=O)N(CC[C@H](N)CO)[C@@H](c1nc(-c2ccccc2)cn1Cc1ccccc1)C(C)(C)C. The number of aromatic nitrogens is 2. The lowest BCUT2D eigenvalue weighted by atomic mass is 9.84. The van der Waals surface area contributed by atoms with Gasteiger partial charge in [-0.25, -0.2) is 9.78 Å². The second-order valence-corrected chi connectivity index (χ2v) is 10.4. The van der Waals surface area contributed by atoms with Gasteiger partial charge < -0.3 is 30.4 Å². The van der Waals surface area contributed by atoms with E-state index < -0.39 is 6.04 Å². The average molecular weight is 508 g/mol. The summed E-state index contributed by atoms with van der Waals surface area (Å²) in [6, 6.07) is 19.3. The number of carbonyl (C=O) groups excluding carboxylic acids is 1. The summed E-state index contributed by atoms with van der Waals surface area (Å²) in [5, 5.41) is 12.5. The fraction of sp³-hybridized carbons (Fsp3) is 0.448. The maximum absolute atomic E-state index is 13.5. The van der Waals surface area contributed by atoms with E-state index in [4.69, 9.17) is 15.5 Å². The molecule has 2 amide bonds. The van der Waals surface area contributed by atoms with Gasteiger partial charge in [-0.2, -0.15) is 0 Å². The Morgan fingerprint density at radius 2 is 1.78 bits per heavy atom. The lowest BCUT2D eigenvalue weighted by molar-refractivity contribution is 0.101. The number of aliphatic hydroxyl groups excluding tert-OH is 1. The normalized spacial score (nSPS) is 13.2. The molecule has 0 radical (unpaired) electrons. The minimum absolute atomic E-state index is 0.139. The van der Waals surface area contributed by atoms with Crippen LogP contribution in [-0.2, 0) is 11.3 Å². The molecule has 0 fully saturated rings. The number of carbonyl (C=O) groups is 1. The van der Waals surface area contributed by atoms with Crippen LogP contribution in [0.15, 0.2) is 66.9 Å². The van der Waals surface area contributed by atoms with Crippen molar-refractivity contribution in [1.29, 1.82) is 0 Å². The Bertz CT molecular complexity index is 1100. The number of amides is 2. The lowest BCUT2D eigenvalue weighted by Crippen LogP contribution is -2.49. The Morgan fingerprint density at radius 3 is 2.38 bits per heavy atom. The van der Waals surface area contributed by atoms with Crippen LogP contribution < -0.4 is 11.1 Å². The van der Waals surface area contributed by atoms with Crippen molar-refractivity contribution in [2.75, 3.05) is 33.4 Å². The quantitative estimate of drug-likeness (QED) is 0.321. The highest BCUT2D eigenvalue weighted by molar-refractivity contribution is 5.75. The first kappa shape index (κ1) is 28.4. The van der Waals surface area contributed by atoms with Crippen molar-refractivity contribution >= 4 is 6.03 Å². The van der Waals surface area contributed by atoms with Gasteiger partial charge in [0.1, 0.15) is 5.82 Å². The van der Waals surface area contributed by atoms with Crippen molar-refractivity contribution in [3.63, 3.8) is 0 Å². The Kier molecular flexibility index (Phi) is 10.3. The number of rotatable bonds is 12. The van der Waals surface area contributed by atoms with E-state index in [1.54, 1.807) is 7.11 Å². The van der Waals surface area contributed by atoms with Crippen LogP contribution in [0.5, 0.6) is 0 Å². The van der Waals surface area contributed by atoms with Gasteiger partial charge in [-0.1, -0.05) is 81.4 Å². The molecular formula is C29H41N5O3. The monoisotopic (exact) mass is 507 g/mol. The van der Waals surface area contributed by atoms with Gasteiger partial charge in [0.15, 0.2) is 0 Å². The summed E-state index contributed by atoms with van der Waals surface area (Å²) in [5.74, 6) is 0.801. The Balaban J connectivity index is 2.10. The van der Waals surface area contributed by atoms with Gasteiger partial charge in [0.25, 0.3) is 0 Å². The van der Waals surface area contributed by atoms with Gasteiger partial charge in [-0.3, -0.25) is 0 Å². The van der Waals surface area contributed by atoms with Crippen molar-refractivity contribution < 1.29 is 14.6 Å². The predicted molar refractivity (Wildman–Crippen MR) is 147 cm³/mol. The van der Waals surface area contributed by atoms with Crippen molar-refractivity contribution in [2.45, 2.75) is 45.8 Å². The molecule has 3 aromatic rings. The molecular weight excluding hydrogens is 466 g/mol. The lowest BCUT2D eigenvalue weighted by Gasteiger charge is -2.40. The van der Waals surface area contributed by atoms with Crippen molar-refractivity contribution in [1.82, 2.24) is 19.8 Å². The van der Waals surface area contributed by atoms with Crippen LogP contribution >= 0.6 is 0 Å². The third kappa shape index (κ3) is 7.89. The van der Waals surface area contributed by atoms with E-state index in [1.165, 1.54) is 0 Å². The second kappa shape index (κ2) is 13.4. The van der Waals surface area contributed by atoms with Crippen LogP contribution in [0.2, 0.25) is 0 Å². The zero-order chi connectivity index (χ0) is 26.8. The molecule has 0 aliphatic carbocycles. The van der Waals surface area contributed by atoms with E-state index in [0.29, 0.717) is 32.7 Å². The predicted octanol–water partition coefficient (Wildman–Crippen LogP) is 4.05. The number of aliphatic hydroxyl groups is 1. The number of nitrogens with one attached hydrogen (secondary N) is 1. The van der Waals surface area contributed by atoms with Gasteiger partial charge in [-0.05, 0) is 17.4 Å². The van der Waals surface area contributed by atoms with Crippen molar-refractivity contribution in [3.8, 4) is 11.3 Å². The highest BCUT2D eigenvalue weighted by Gasteiger charge is 2.38. The first-order valence-electron chi connectivity index (χ1n) is 12.8. The number of urea groups is 1. The van der Waals surface area contributed by atoms with Gasteiger partial charge in [0.2, 0.25) is 0 Å². The van der Waals surface area contributed by atoms with Gasteiger partial charge >= 0.3 is 6.03 Å². The molecule has 0 aliphatic heterocycles. The maximum Gasteiger partial charge on any atom is 0.318 e. The average Bonchev–Trinajstić information content (AvgIpc) is 3.29. The van der Waals surface area contributed by atoms with Crippen LogP contribution in [0.25, 0.3) is 11.3 Å². The molecule has 8 heteroatoms. The van der Waals surface area contributed by atoms with Crippen LogP contribution in [0.4, 0.5) is 4.79 Å². The van der Waals surface area contributed by atoms with E-state index >= 15 is 0 Å². The molecule has 0 unspecified atom stereocenters. The van der Waals surface area contributed by atoms with Crippen LogP contribution in [0.1, 0.15) is 44.6 Å². The number of nitrogens with zero attached hydrogens (tertiary/aromatic N) is 3. The maximum atomic E-state index is 13.5. The fourth-order valence-corrected chi connectivity index (χ4v) is 4.40. The summed E-state index contributed by atoms with van der Waals surface area (Å²) in [6.45, 7) is 8.01. The molecule has 0 spiro atoms. The number of hydrogen-bond donors (Lipinski definition) is 3. The Morgan fingerprint density at radius 1 is 1.14 bits per heavy atom. The number of nitrogens with two attached hydrogens (primary N) is 1. The van der Waals surface area contributed by atoms with Crippen LogP contribution in [0.3, 0.4) is 0 Å². The number of methoxy groups -OCH3 is 1. The molecule has 2 aromatic carbocycles. The summed E-state index contributed by atoms with van der Waals surface area (Å²) >= 11 is 0. The van der Waals surface area contributed by atoms with Crippen molar-refractivity contribution in [2.24, 2.45) is 11.1 Å². The molecule has 3 rings (SSSR count). The van der Waals surface area contributed by atoms with Crippen molar-refractivity contribution in [3.05, 3.63) is 78.2 Å². The third-order valence-electron chi connectivity index (χ3n) is 6.27. The van der Waals surface area contributed by atoms with E-state index in [1.807, 2.05) is 53.4 Å². The molecule has 0 aliphatic rings. The van der Waals surface area contributed by atoms with Gasteiger partial charge in [-0.15, -0.1) is 0 Å². The summed E-state index contributed by atoms with van der Waals surface area (Å²) in [7, 11) is 1.60. The Labute approximate surface area is 220 Å². The molecule has 8 nitrogen and oxygen atoms in total. The van der Waals surface area contributed by atoms with E-state index in [0.717, 1.165) is 22.6 Å². The minimum atomic E-state index is -0.418. The summed E-state index contributed by atoms with van der Waals surface area (Å²) in [6.07, 6.45) is 2.53. The molecule has 0 saturated heterocycles. The standard InChI is InChI=1S/C29H41N5O3/c1-29(2,3)26(34(17-15-24(30)21-35)28(36)31-16-18-37-4)27-32-25(23-13-9-6-10-14-23)20-33(27)19-22-11-7-5-8-12-22/h5-14,20,24,26,35H,15-19,21,30H2,1-4H3,(H,31,36)/t24-,26-/m0/s1. The molecule has 0 saturated carbocycles. The van der Waals surface area contributed by atoms with E-state index in [2.05, 4.69) is 49.0 Å². The van der Waals surface area contributed by atoms with E-state index in [9.17, 15) is 9.90 Å². The van der Waals surface area contributed by atoms with Crippen LogP contribution in [-0.4, -0.2) is 65.0 Å². The van der Waals surface area contributed by atoms with Crippen LogP contribution in [0, 0.1) is 5.41 Å². The highest BCUT2D eigenvalue weighted by atomic mass is 16.5. The molecule has 0 bridgehead atoms. The van der Waals surface area contributed by atoms with Gasteiger partial charge in [0, 0.05) is 44.5 Å². The topological polar surface area (TPSA) is 106 Å². The number of benzene rings is 2. The first-order valence-corrected chi connectivity index (χ1v) is 12.8. The Hall–Kier alpha value is -3.20. The smallest absolute Gasteiger partial charge is 0.318 e. The molecule has 200 valence electrons. The summed E-state index contributed by atoms with van der Waals surface area (Å²) < 4.78 is 7.28. The fourth-order valence-electron chi connectivity index (χ4n) is 4.40. The van der Waals surface area contributed by atoms with E-state index in [-0.39, 0.29) is 24.1 Å². The molecule has 37 heavy (non-hydrogen) atoms. The molecule has 4 N–H and O–H groups in total. The number of ether oxygens (including phenoxy) is 1. The zero-order valence-corrected chi connectivity index (χ0v) is 22.4. The second-order valence-electron chi connectivity index (χ2n) is 10.4. The highest BCUT2D eigenvalue weighted by Crippen LogP contribution is 2.39. The zero-order valence-electron chi connectivity index (χ0n) is 22.4. The molecule has 1 heterocycles. The number of hydrogen-bond acceptors (Lipinski definition) is 5. The minimum Gasteiger partial charge on any atom is -0.395 e. The third-order valence-corrected chi connectivity index (χ3v) is 6.27. The largest absolute Gasteiger partial charge is 0.395 e.